The molecule has 11 heteroatoms. The van der Waals surface area contributed by atoms with E-state index in [-0.39, 0.29) is 36.2 Å². The number of halogens is 4. The molecule has 0 spiro atoms. The van der Waals surface area contributed by atoms with E-state index in [1.165, 1.54) is 24.3 Å². The highest BCUT2D eigenvalue weighted by molar-refractivity contribution is 5.74. The highest BCUT2D eigenvalue weighted by Gasteiger charge is 2.41. The number of carboxylic acids is 1. The summed E-state index contributed by atoms with van der Waals surface area (Å²) in [5, 5.41) is 12.5. The van der Waals surface area contributed by atoms with Gasteiger partial charge < -0.3 is 20.1 Å². The van der Waals surface area contributed by atoms with E-state index in [9.17, 15) is 32.3 Å². The molecular weight excluding hydrogens is 542 g/mol. The maximum absolute atomic E-state index is 14.1. The Morgan fingerprint density at radius 2 is 1.76 bits per heavy atom. The van der Waals surface area contributed by atoms with Crippen LogP contribution in [-0.2, 0) is 22.3 Å². The predicted octanol–water partition coefficient (Wildman–Crippen LogP) is 5.36. The zero-order chi connectivity index (χ0) is 29.7. The second-order valence-corrected chi connectivity index (χ2v) is 11.4. The van der Waals surface area contributed by atoms with Gasteiger partial charge in [0, 0.05) is 45.2 Å². The number of alkyl halides is 3. The normalized spacial score (nSPS) is 21.6. The summed E-state index contributed by atoms with van der Waals surface area (Å²) < 4.78 is 57.8. The van der Waals surface area contributed by atoms with E-state index in [1.807, 2.05) is 24.8 Å². The Labute approximate surface area is 237 Å². The topological polar surface area (TPSA) is 82.1 Å². The molecule has 7 nitrogen and oxygen atoms in total. The van der Waals surface area contributed by atoms with Gasteiger partial charge in [0.05, 0.1) is 5.56 Å². The lowest BCUT2D eigenvalue weighted by Gasteiger charge is -2.34. The number of piperidine rings is 1. The van der Waals surface area contributed by atoms with Crippen molar-refractivity contribution < 1.29 is 37.0 Å². The second kappa shape index (κ2) is 13.2. The Morgan fingerprint density at radius 1 is 1.07 bits per heavy atom. The Kier molecular flexibility index (Phi) is 9.91. The molecular formula is C30H37F4N3O4. The predicted molar refractivity (Wildman–Crippen MR) is 145 cm³/mol. The van der Waals surface area contributed by atoms with Gasteiger partial charge in [0.1, 0.15) is 18.0 Å². The van der Waals surface area contributed by atoms with Crippen molar-refractivity contribution in [2.24, 2.45) is 11.8 Å². The average Bonchev–Trinajstić information content (AvgIpc) is 3.30. The molecule has 0 saturated carbocycles. The maximum atomic E-state index is 14.1. The van der Waals surface area contributed by atoms with Crippen LogP contribution in [0.2, 0.25) is 0 Å². The van der Waals surface area contributed by atoms with Crippen LogP contribution in [0.4, 0.5) is 22.4 Å². The Balaban J connectivity index is 1.29. The molecule has 2 aliphatic rings. The van der Waals surface area contributed by atoms with Crippen LogP contribution in [0.1, 0.15) is 49.3 Å². The first-order chi connectivity index (χ1) is 19.4. The van der Waals surface area contributed by atoms with Crippen molar-refractivity contribution in [1.82, 2.24) is 15.1 Å². The number of carbonyl (C=O) groups is 2. The minimum Gasteiger partial charge on any atom is -0.480 e. The smallest absolute Gasteiger partial charge is 0.416 e. The first-order valence-electron chi connectivity index (χ1n) is 14.0. The van der Waals surface area contributed by atoms with E-state index in [2.05, 4.69) is 10.2 Å². The van der Waals surface area contributed by atoms with Gasteiger partial charge in [-0.15, -0.1) is 0 Å². The molecule has 2 aromatic rings. The van der Waals surface area contributed by atoms with Crippen LogP contribution in [0.25, 0.3) is 0 Å². The highest BCUT2D eigenvalue weighted by atomic mass is 19.4. The number of ether oxygens (including phenoxy) is 1. The number of hydrogen-bond acceptors (Lipinski definition) is 5. The van der Waals surface area contributed by atoms with Gasteiger partial charge in [-0.1, -0.05) is 38.1 Å². The highest BCUT2D eigenvalue weighted by Crippen LogP contribution is 2.36. The average molecular weight is 580 g/mol. The van der Waals surface area contributed by atoms with Crippen molar-refractivity contribution in [3.63, 3.8) is 0 Å². The number of carboxylic acid groups (broad SMARTS) is 1. The summed E-state index contributed by atoms with van der Waals surface area (Å²) in [7, 11) is 0. The van der Waals surface area contributed by atoms with Gasteiger partial charge in [-0.25, -0.2) is 9.18 Å². The molecule has 2 heterocycles. The summed E-state index contributed by atoms with van der Waals surface area (Å²) in [6.45, 7) is 7.09. The summed E-state index contributed by atoms with van der Waals surface area (Å²) >= 11 is 0. The molecule has 2 aliphatic heterocycles. The number of nitrogens with zero attached hydrogens (tertiary/aromatic N) is 2. The molecule has 0 aromatic heterocycles. The molecule has 3 atom stereocenters. The Morgan fingerprint density at radius 3 is 2.34 bits per heavy atom. The van der Waals surface area contributed by atoms with Gasteiger partial charge in [0.25, 0.3) is 0 Å². The minimum atomic E-state index is -4.41. The Bertz CT molecular complexity index is 1180. The zero-order valence-electron chi connectivity index (χ0n) is 23.2. The van der Waals surface area contributed by atoms with E-state index >= 15 is 0 Å². The van der Waals surface area contributed by atoms with Crippen molar-refractivity contribution in [2.75, 3.05) is 32.7 Å². The van der Waals surface area contributed by atoms with Crippen LogP contribution in [-0.4, -0.2) is 71.8 Å². The summed E-state index contributed by atoms with van der Waals surface area (Å²) in [5.41, 5.74) is 0.656. The van der Waals surface area contributed by atoms with E-state index in [4.69, 9.17) is 4.74 Å². The third-order valence-corrected chi connectivity index (χ3v) is 8.04. The lowest BCUT2D eigenvalue weighted by molar-refractivity contribution is -0.144. The second-order valence-electron chi connectivity index (χ2n) is 11.4. The Hall–Kier alpha value is -3.18. The molecule has 1 amide bonds. The molecule has 41 heavy (non-hydrogen) atoms. The van der Waals surface area contributed by atoms with Gasteiger partial charge in [-0.05, 0) is 60.1 Å². The van der Waals surface area contributed by atoms with Crippen LogP contribution in [0, 0.1) is 17.7 Å². The van der Waals surface area contributed by atoms with Gasteiger partial charge >= 0.3 is 18.2 Å². The summed E-state index contributed by atoms with van der Waals surface area (Å²) in [4.78, 5) is 28.6. The molecule has 0 radical (unpaired) electrons. The van der Waals surface area contributed by atoms with Gasteiger partial charge in [0.2, 0.25) is 0 Å². The standard InChI is InChI=1S/C30H37F4N3O4/c1-19(2)27(28(38)39)37-17-22(26(18-37)21-4-3-5-24(31)14-21)16-36-12-10-25(11-13-36)41-29(40)35-15-20-6-8-23(9-7-20)30(32,33)34/h3-9,14,19,22,25-27H,10-13,15-18H2,1-2H3,(H,35,40)(H,38,39)/t22-,26+,27+/m0/s1. The van der Waals surface area contributed by atoms with E-state index in [0.717, 1.165) is 24.2 Å². The molecule has 0 bridgehead atoms. The van der Waals surface area contributed by atoms with E-state index in [0.29, 0.717) is 44.6 Å². The van der Waals surface area contributed by atoms with Gasteiger partial charge in [0.15, 0.2) is 0 Å². The van der Waals surface area contributed by atoms with E-state index < -0.39 is 29.8 Å². The number of rotatable bonds is 9. The molecule has 2 fully saturated rings. The maximum Gasteiger partial charge on any atom is 0.416 e. The fourth-order valence-electron chi connectivity index (χ4n) is 6.01. The van der Waals surface area contributed by atoms with Crippen LogP contribution < -0.4 is 5.32 Å². The van der Waals surface area contributed by atoms with Crippen LogP contribution >= 0.6 is 0 Å². The van der Waals surface area contributed by atoms with Crippen molar-refractivity contribution in [1.29, 1.82) is 0 Å². The third kappa shape index (κ3) is 8.19. The van der Waals surface area contributed by atoms with E-state index in [1.54, 1.807) is 6.07 Å². The summed E-state index contributed by atoms with van der Waals surface area (Å²) in [6.07, 6.45) is -4.06. The summed E-state index contributed by atoms with van der Waals surface area (Å²) in [6, 6.07) is 10.5. The third-order valence-electron chi connectivity index (χ3n) is 8.04. The number of aliphatic carboxylic acids is 1. The van der Waals surface area contributed by atoms with Gasteiger partial charge in [-0.3, -0.25) is 9.69 Å². The number of amides is 1. The molecule has 2 N–H and O–H groups in total. The quantitative estimate of drug-likeness (QED) is 0.390. The lowest BCUT2D eigenvalue weighted by Crippen LogP contribution is -2.44. The van der Waals surface area contributed by atoms with Crippen molar-refractivity contribution >= 4 is 12.1 Å². The lowest BCUT2D eigenvalue weighted by atomic mass is 9.88. The SMILES string of the molecule is CC(C)[C@H](C(=O)O)N1C[C@H](CN2CCC(OC(=O)NCc3ccc(C(F)(F)F)cc3)CC2)[C@@H](c2cccc(F)c2)C1. The molecule has 4 rings (SSSR count). The molecule has 224 valence electrons. The number of hydrogen-bond donors (Lipinski definition) is 2. The van der Waals surface area contributed by atoms with Crippen LogP contribution in [0.15, 0.2) is 48.5 Å². The number of benzene rings is 2. The van der Waals surface area contributed by atoms with Crippen molar-refractivity contribution in [2.45, 2.75) is 57.5 Å². The number of likely N-dealkylation sites (tertiary alicyclic amines) is 2. The number of nitrogens with one attached hydrogen (secondary N) is 1. The fraction of sp³-hybridized carbons (Fsp3) is 0.533. The fourth-order valence-corrected chi connectivity index (χ4v) is 6.01. The number of carbonyl (C=O) groups excluding carboxylic acids is 1. The monoisotopic (exact) mass is 579 g/mol. The zero-order valence-corrected chi connectivity index (χ0v) is 23.2. The first-order valence-corrected chi connectivity index (χ1v) is 14.0. The number of alkyl carbamates (subject to hydrolysis) is 1. The largest absolute Gasteiger partial charge is 0.480 e. The van der Waals surface area contributed by atoms with Crippen LogP contribution in [0.3, 0.4) is 0 Å². The summed E-state index contributed by atoms with van der Waals surface area (Å²) in [5.74, 6) is -1.13. The molecule has 2 saturated heterocycles. The first kappa shape index (κ1) is 30.8. The molecule has 2 aromatic carbocycles. The van der Waals surface area contributed by atoms with Gasteiger partial charge in [-0.2, -0.15) is 13.2 Å². The van der Waals surface area contributed by atoms with Crippen molar-refractivity contribution in [3.8, 4) is 0 Å². The van der Waals surface area contributed by atoms with Crippen LogP contribution in [0.5, 0.6) is 0 Å². The van der Waals surface area contributed by atoms with Crippen molar-refractivity contribution in [3.05, 3.63) is 71.0 Å². The minimum absolute atomic E-state index is 0.00347. The molecule has 0 unspecified atom stereocenters. The molecule has 0 aliphatic carbocycles.